The van der Waals surface area contributed by atoms with Gasteiger partial charge in [0.25, 0.3) is 5.91 Å². The highest BCUT2D eigenvalue weighted by Gasteiger charge is 2.18. The van der Waals surface area contributed by atoms with Crippen LogP contribution in [0.25, 0.3) is 10.1 Å². The fourth-order valence-corrected chi connectivity index (χ4v) is 4.01. The van der Waals surface area contributed by atoms with Crippen LogP contribution in [-0.4, -0.2) is 5.91 Å². The summed E-state index contributed by atoms with van der Waals surface area (Å²) in [6.45, 7) is 4.31. The van der Waals surface area contributed by atoms with Gasteiger partial charge in [-0.2, -0.15) is 0 Å². The maximum absolute atomic E-state index is 12.7. The number of anilines is 1. The van der Waals surface area contributed by atoms with Crippen LogP contribution in [0, 0.1) is 0 Å². The number of para-hydroxylation sites is 1. The molecule has 1 aromatic heterocycles. The fourth-order valence-electron chi connectivity index (χ4n) is 2.60. The van der Waals surface area contributed by atoms with E-state index in [9.17, 15) is 4.79 Å². The van der Waals surface area contributed by atoms with E-state index in [0.29, 0.717) is 15.8 Å². The number of benzene rings is 2. The summed E-state index contributed by atoms with van der Waals surface area (Å²) in [5.41, 5.74) is 2.01. The summed E-state index contributed by atoms with van der Waals surface area (Å²) in [6, 6.07) is 15.8. The lowest BCUT2D eigenvalue weighted by Gasteiger charge is -2.15. The highest BCUT2D eigenvalue weighted by Crippen LogP contribution is 2.36. The summed E-state index contributed by atoms with van der Waals surface area (Å²) in [7, 11) is 0. The minimum Gasteiger partial charge on any atom is -0.321 e. The lowest BCUT2D eigenvalue weighted by atomic mass is 9.97. The lowest BCUT2D eigenvalue weighted by molar-refractivity contribution is 0.103. The van der Waals surface area contributed by atoms with Crippen LogP contribution in [0.1, 0.15) is 41.4 Å². The molecule has 118 valence electrons. The zero-order valence-electron chi connectivity index (χ0n) is 13.1. The highest BCUT2D eigenvalue weighted by atomic mass is 35.5. The van der Waals surface area contributed by atoms with Gasteiger partial charge in [0, 0.05) is 15.8 Å². The van der Waals surface area contributed by atoms with Gasteiger partial charge in [-0.1, -0.05) is 61.8 Å². The Balaban J connectivity index is 1.94. The first-order valence-corrected chi connectivity index (χ1v) is 8.88. The average molecular weight is 344 g/mol. The van der Waals surface area contributed by atoms with Gasteiger partial charge in [-0.3, -0.25) is 4.79 Å². The molecule has 2 nitrogen and oxygen atoms in total. The van der Waals surface area contributed by atoms with E-state index >= 15 is 0 Å². The van der Waals surface area contributed by atoms with Gasteiger partial charge in [0.15, 0.2) is 0 Å². The molecule has 0 bridgehead atoms. The predicted molar refractivity (Wildman–Crippen MR) is 99.9 cm³/mol. The van der Waals surface area contributed by atoms with Gasteiger partial charge < -0.3 is 5.32 Å². The van der Waals surface area contributed by atoms with Crippen LogP contribution in [0.3, 0.4) is 0 Å². The van der Waals surface area contributed by atoms with E-state index in [1.165, 1.54) is 11.3 Å². The predicted octanol–water partition coefficient (Wildman–Crippen LogP) is 6.32. The Morgan fingerprint density at radius 3 is 2.61 bits per heavy atom. The summed E-state index contributed by atoms with van der Waals surface area (Å²) in [6.07, 6.45) is 1.02. The molecule has 0 spiro atoms. The third kappa shape index (κ3) is 3.12. The quantitative estimate of drug-likeness (QED) is 0.590. The van der Waals surface area contributed by atoms with Crippen molar-refractivity contribution in [3.05, 3.63) is 64.0 Å². The first-order chi connectivity index (χ1) is 11.1. The molecule has 3 rings (SSSR count). The first-order valence-electron chi connectivity index (χ1n) is 7.69. The standard InChI is InChI=1S/C19H18ClNOS/c1-3-12(2)13-8-4-6-10-15(13)21-19(22)18-17(20)14-9-5-7-11-16(14)23-18/h4-12H,3H2,1-2H3,(H,21,22). The molecule has 0 saturated carbocycles. The molecular weight excluding hydrogens is 326 g/mol. The maximum atomic E-state index is 12.7. The Bertz CT molecular complexity index is 855. The number of hydrogen-bond acceptors (Lipinski definition) is 2. The molecule has 23 heavy (non-hydrogen) atoms. The molecule has 1 atom stereocenters. The largest absolute Gasteiger partial charge is 0.321 e. The number of carbonyl (C=O) groups excluding carboxylic acids is 1. The summed E-state index contributed by atoms with van der Waals surface area (Å²) < 4.78 is 1.03. The van der Waals surface area contributed by atoms with Crippen LogP contribution >= 0.6 is 22.9 Å². The first kappa shape index (κ1) is 16.0. The SMILES string of the molecule is CCC(C)c1ccccc1NC(=O)c1sc2ccccc2c1Cl. The second-order valence-corrected chi connectivity index (χ2v) is 7.02. The minimum atomic E-state index is -0.146. The van der Waals surface area contributed by atoms with Crippen LogP contribution in [-0.2, 0) is 0 Å². The molecule has 0 aliphatic rings. The number of halogens is 1. The van der Waals surface area contributed by atoms with Gasteiger partial charge in [-0.25, -0.2) is 0 Å². The lowest BCUT2D eigenvalue weighted by Crippen LogP contribution is -2.13. The Kier molecular flexibility index (Phi) is 4.69. The summed E-state index contributed by atoms with van der Waals surface area (Å²) in [5.74, 6) is 0.247. The number of rotatable bonds is 4. The van der Waals surface area contributed by atoms with Crippen molar-refractivity contribution in [1.29, 1.82) is 0 Å². The van der Waals surface area contributed by atoms with Gasteiger partial charge in [0.05, 0.1) is 5.02 Å². The second kappa shape index (κ2) is 6.73. The summed E-state index contributed by atoms with van der Waals surface area (Å²) in [4.78, 5) is 13.2. The van der Waals surface area contributed by atoms with Crippen molar-refractivity contribution < 1.29 is 4.79 Å². The van der Waals surface area contributed by atoms with Crippen molar-refractivity contribution >= 4 is 44.6 Å². The summed E-state index contributed by atoms with van der Waals surface area (Å²) >= 11 is 7.82. The molecule has 1 unspecified atom stereocenters. The maximum Gasteiger partial charge on any atom is 0.267 e. The molecule has 0 radical (unpaired) electrons. The van der Waals surface area contributed by atoms with Crippen molar-refractivity contribution in [3.8, 4) is 0 Å². The van der Waals surface area contributed by atoms with Gasteiger partial charge in [-0.15, -0.1) is 11.3 Å². The Morgan fingerprint density at radius 2 is 1.87 bits per heavy atom. The summed E-state index contributed by atoms with van der Waals surface area (Å²) in [5, 5.41) is 4.49. The normalized spacial score (nSPS) is 12.3. The third-order valence-electron chi connectivity index (χ3n) is 4.09. The monoisotopic (exact) mass is 343 g/mol. The van der Waals surface area contributed by atoms with E-state index in [4.69, 9.17) is 11.6 Å². The van der Waals surface area contributed by atoms with Gasteiger partial charge in [0.1, 0.15) is 4.88 Å². The van der Waals surface area contributed by atoms with E-state index in [1.54, 1.807) is 0 Å². The molecule has 1 heterocycles. The Hall–Kier alpha value is -1.84. The van der Waals surface area contributed by atoms with E-state index < -0.39 is 0 Å². The van der Waals surface area contributed by atoms with Crippen LogP contribution in [0.15, 0.2) is 48.5 Å². The zero-order chi connectivity index (χ0) is 16.4. The molecule has 1 N–H and O–H groups in total. The van der Waals surface area contributed by atoms with Gasteiger partial charge in [-0.05, 0) is 30.0 Å². The number of fused-ring (bicyclic) bond motifs is 1. The molecule has 0 saturated heterocycles. The molecule has 0 fully saturated rings. The minimum absolute atomic E-state index is 0.146. The van der Waals surface area contributed by atoms with Crippen LogP contribution in [0.5, 0.6) is 0 Å². The van der Waals surface area contributed by atoms with Crippen molar-refractivity contribution in [1.82, 2.24) is 0 Å². The van der Waals surface area contributed by atoms with E-state index in [-0.39, 0.29) is 5.91 Å². The molecule has 2 aromatic carbocycles. The van der Waals surface area contributed by atoms with Crippen molar-refractivity contribution in [2.24, 2.45) is 0 Å². The van der Waals surface area contributed by atoms with Crippen molar-refractivity contribution in [2.45, 2.75) is 26.2 Å². The van der Waals surface area contributed by atoms with Gasteiger partial charge in [0.2, 0.25) is 0 Å². The smallest absolute Gasteiger partial charge is 0.267 e. The van der Waals surface area contributed by atoms with E-state index in [2.05, 4.69) is 25.2 Å². The zero-order valence-corrected chi connectivity index (χ0v) is 14.7. The third-order valence-corrected chi connectivity index (χ3v) is 5.77. The fraction of sp³-hybridized carbons (Fsp3) is 0.211. The van der Waals surface area contributed by atoms with Crippen LogP contribution < -0.4 is 5.32 Å². The number of amides is 1. The molecule has 4 heteroatoms. The topological polar surface area (TPSA) is 29.1 Å². The molecule has 1 amide bonds. The number of nitrogens with one attached hydrogen (secondary N) is 1. The van der Waals surface area contributed by atoms with E-state index in [0.717, 1.165) is 27.8 Å². The Labute approximate surface area is 145 Å². The van der Waals surface area contributed by atoms with Crippen molar-refractivity contribution in [2.75, 3.05) is 5.32 Å². The average Bonchev–Trinajstić information content (AvgIpc) is 2.92. The molecule has 0 aliphatic heterocycles. The van der Waals surface area contributed by atoms with Crippen molar-refractivity contribution in [3.63, 3.8) is 0 Å². The molecule has 3 aromatic rings. The molecular formula is C19H18ClNOS. The van der Waals surface area contributed by atoms with Crippen LogP contribution in [0.2, 0.25) is 5.02 Å². The Morgan fingerprint density at radius 1 is 1.17 bits per heavy atom. The number of hydrogen-bond donors (Lipinski definition) is 1. The highest BCUT2D eigenvalue weighted by molar-refractivity contribution is 7.21. The second-order valence-electron chi connectivity index (χ2n) is 5.59. The molecule has 0 aliphatic carbocycles. The van der Waals surface area contributed by atoms with Gasteiger partial charge >= 0.3 is 0 Å². The van der Waals surface area contributed by atoms with E-state index in [1.807, 2.05) is 42.5 Å². The number of carbonyl (C=O) groups is 1. The number of thiophene rings is 1. The van der Waals surface area contributed by atoms with Crippen LogP contribution in [0.4, 0.5) is 5.69 Å².